The van der Waals surface area contributed by atoms with Gasteiger partial charge in [0, 0.05) is 18.1 Å². The Morgan fingerprint density at radius 3 is 1.74 bits per heavy atom. The van der Waals surface area contributed by atoms with Crippen LogP contribution in [0.2, 0.25) is 0 Å². The van der Waals surface area contributed by atoms with E-state index in [2.05, 4.69) is 43.3 Å². The Kier molecular flexibility index (Phi) is 6.78. The Hall–Kier alpha value is -0.130. The van der Waals surface area contributed by atoms with Crippen LogP contribution in [0.5, 0.6) is 0 Å². The second-order valence-electron chi connectivity index (χ2n) is 8.21. The van der Waals surface area contributed by atoms with Crippen molar-refractivity contribution in [2.45, 2.75) is 81.2 Å². The summed E-state index contributed by atoms with van der Waals surface area (Å²) in [6.07, 6.45) is 24.7. The Morgan fingerprint density at radius 2 is 1.30 bits per heavy atom. The second-order valence-corrected chi connectivity index (χ2v) is 11.2. The number of hydrogen-bond donors (Lipinski definition) is 0. The van der Waals surface area contributed by atoms with Gasteiger partial charge in [-0.05, 0) is 51.1 Å². The van der Waals surface area contributed by atoms with Crippen LogP contribution < -0.4 is 0 Å². The summed E-state index contributed by atoms with van der Waals surface area (Å²) in [5.74, 6) is 0.715. The maximum absolute atomic E-state index is 2.50. The summed E-state index contributed by atoms with van der Waals surface area (Å²) >= 11 is 0. The van der Waals surface area contributed by atoms with Gasteiger partial charge in [0.2, 0.25) is 0 Å². The third-order valence-electron chi connectivity index (χ3n) is 6.15. The molecule has 0 saturated heterocycles. The van der Waals surface area contributed by atoms with Crippen LogP contribution in [0, 0.1) is 5.92 Å². The molecule has 2 saturated carbocycles. The molecule has 0 radical (unpaired) electrons. The molecular weight excluding hydrogens is 297 g/mol. The lowest BCUT2D eigenvalue weighted by atomic mass is 9.99. The Bertz CT molecular complexity index is 372. The van der Waals surface area contributed by atoms with E-state index in [0.717, 1.165) is 17.0 Å². The summed E-state index contributed by atoms with van der Waals surface area (Å²) in [5.41, 5.74) is 3.02. The highest BCUT2D eigenvalue weighted by Crippen LogP contribution is 2.61. The van der Waals surface area contributed by atoms with Crippen LogP contribution >= 0.6 is 7.92 Å². The van der Waals surface area contributed by atoms with E-state index in [4.69, 9.17) is 0 Å². The van der Waals surface area contributed by atoms with Gasteiger partial charge in [0.05, 0.1) is 0 Å². The van der Waals surface area contributed by atoms with E-state index < -0.39 is 0 Å². The van der Waals surface area contributed by atoms with Crippen molar-refractivity contribution in [1.82, 2.24) is 4.90 Å². The van der Waals surface area contributed by atoms with Crippen molar-refractivity contribution >= 4 is 7.92 Å². The fraction of sp³-hybridized carbons (Fsp3) is 0.810. The van der Waals surface area contributed by atoms with Crippen molar-refractivity contribution in [3.63, 3.8) is 0 Å². The molecule has 1 atom stereocenters. The maximum Gasteiger partial charge on any atom is 0.00519 e. The molecule has 130 valence electrons. The minimum atomic E-state index is 0.152. The van der Waals surface area contributed by atoms with Gasteiger partial charge in [-0.25, -0.2) is 0 Å². The monoisotopic (exact) mass is 333 g/mol. The van der Waals surface area contributed by atoms with Crippen LogP contribution in [0.1, 0.15) is 64.2 Å². The average molecular weight is 334 g/mol. The quantitative estimate of drug-likeness (QED) is 0.555. The van der Waals surface area contributed by atoms with Gasteiger partial charge in [-0.1, -0.05) is 70.8 Å². The van der Waals surface area contributed by atoms with Gasteiger partial charge in [-0.15, -0.1) is 0 Å². The molecule has 3 aliphatic carbocycles. The maximum atomic E-state index is 2.50. The van der Waals surface area contributed by atoms with E-state index in [1.165, 1.54) is 70.8 Å². The molecular formula is C21H36NP. The summed E-state index contributed by atoms with van der Waals surface area (Å²) in [6, 6.07) is 0. The third kappa shape index (κ3) is 4.70. The lowest BCUT2D eigenvalue weighted by Gasteiger charge is -2.45. The van der Waals surface area contributed by atoms with E-state index in [0.29, 0.717) is 5.92 Å². The first-order valence-electron chi connectivity index (χ1n) is 10.0. The fourth-order valence-electron chi connectivity index (χ4n) is 5.09. The molecule has 2 fully saturated rings. The predicted octanol–water partition coefficient (Wildman–Crippen LogP) is 5.81. The summed E-state index contributed by atoms with van der Waals surface area (Å²) in [5, 5.41) is 0. The first-order valence-corrected chi connectivity index (χ1v) is 11.6. The van der Waals surface area contributed by atoms with Crippen molar-refractivity contribution in [3.8, 4) is 0 Å². The number of hydrogen-bond acceptors (Lipinski definition) is 1. The van der Waals surface area contributed by atoms with Crippen LogP contribution in [-0.2, 0) is 0 Å². The molecule has 2 heteroatoms. The molecule has 0 aromatic carbocycles. The van der Waals surface area contributed by atoms with Crippen molar-refractivity contribution in [2.75, 3.05) is 20.6 Å². The molecule has 0 aliphatic heterocycles. The molecule has 1 unspecified atom stereocenters. The van der Waals surface area contributed by atoms with Crippen LogP contribution in [-0.4, -0.2) is 42.5 Å². The minimum Gasteiger partial charge on any atom is -0.309 e. The highest BCUT2D eigenvalue weighted by atomic mass is 31.1. The molecule has 0 N–H and O–H groups in total. The molecule has 0 bridgehead atoms. The third-order valence-corrected chi connectivity index (χ3v) is 10.1. The molecule has 23 heavy (non-hydrogen) atoms. The Balaban J connectivity index is 1.82. The molecule has 0 spiro atoms. The first-order chi connectivity index (χ1) is 11.3. The average Bonchev–Trinajstić information content (AvgIpc) is 3.10. The van der Waals surface area contributed by atoms with E-state index >= 15 is 0 Å². The van der Waals surface area contributed by atoms with E-state index in [-0.39, 0.29) is 7.92 Å². The highest BCUT2D eigenvalue weighted by Gasteiger charge is 2.38. The van der Waals surface area contributed by atoms with E-state index in [1.54, 1.807) is 0 Å². The van der Waals surface area contributed by atoms with Crippen LogP contribution in [0.3, 0.4) is 0 Å². The van der Waals surface area contributed by atoms with Crippen molar-refractivity contribution in [1.29, 1.82) is 0 Å². The summed E-state index contributed by atoms with van der Waals surface area (Å²) in [7, 11) is 4.72. The Labute approximate surface area is 145 Å². The van der Waals surface area contributed by atoms with E-state index in [1.807, 2.05) is 0 Å². The van der Waals surface area contributed by atoms with Gasteiger partial charge in [-0.2, -0.15) is 0 Å². The summed E-state index contributed by atoms with van der Waals surface area (Å²) in [4.78, 5) is 2.46. The zero-order valence-electron chi connectivity index (χ0n) is 15.3. The van der Waals surface area contributed by atoms with Crippen LogP contribution in [0.15, 0.2) is 24.3 Å². The predicted molar refractivity (Wildman–Crippen MR) is 105 cm³/mol. The van der Waals surface area contributed by atoms with Gasteiger partial charge < -0.3 is 4.90 Å². The van der Waals surface area contributed by atoms with Crippen LogP contribution in [0.25, 0.3) is 0 Å². The van der Waals surface area contributed by atoms with E-state index in [9.17, 15) is 0 Å². The summed E-state index contributed by atoms with van der Waals surface area (Å²) < 4.78 is 0. The smallest absolute Gasteiger partial charge is 0.00519 e. The minimum absolute atomic E-state index is 0.152. The number of rotatable bonds is 6. The standard InChI is InChI=1S/C21H36NP/c1-22(2)17-21(18-11-9-10-12-18)23(19-13-5-3-6-14-19)20-15-7-4-8-16-20/h9-12,18-21H,3-8,13-17H2,1-2H3. The van der Waals surface area contributed by atoms with Gasteiger partial charge in [0.15, 0.2) is 0 Å². The van der Waals surface area contributed by atoms with Crippen molar-refractivity contribution in [2.24, 2.45) is 5.92 Å². The van der Waals surface area contributed by atoms with Gasteiger partial charge >= 0.3 is 0 Å². The molecule has 0 aromatic heterocycles. The topological polar surface area (TPSA) is 3.24 Å². The fourth-order valence-corrected chi connectivity index (χ4v) is 9.81. The molecule has 1 nitrogen and oxygen atoms in total. The molecule has 0 heterocycles. The molecule has 3 rings (SSSR count). The van der Waals surface area contributed by atoms with Gasteiger partial charge in [-0.3, -0.25) is 0 Å². The zero-order valence-corrected chi connectivity index (χ0v) is 16.2. The van der Waals surface area contributed by atoms with Gasteiger partial charge in [0.1, 0.15) is 0 Å². The number of nitrogens with zero attached hydrogens (tertiary/aromatic N) is 1. The Morgan fingerprint density at radius 1 is 0.826 bits per heavy atom. The second kappa shape index (κ2) is 8.82. The van der Waals surface area contributed by atoms with Crippen molar-refractivity contribution < 1.29 is 0 Å². The molecule has 0 amide bonds. The summed E-state index contributed by atoms with van der Waals surface area (Å²) in [6.45, 7) is 1.29. The largest absolute Gasteiger partial charge is 0.309 e. The van der Waals surface area contributed by atoms with Crippen molar-refractivity contribution in [3.05, 3.63) is 24.3 Å². The normalized spacial score (nSPS) is 25.7. The lowest BCUT2D eigenvalue weighted by molar-refractivity contribution is 0.385. The number of allylic oxidation sites excluding steroid dienone is 4. The van der Waals surface area contributed by atoms with Gasteiger partial charge in [0.25, 0.3) is 0 Å². The molecule has 3 aliphatic rings. The van der Waals surface area contributed by atoms with Crippen LogP contribution in [0.4, 0.5) is 0 Å². The zero-order chi connectivity index (χ0) is 16.1. The first kappa shape index (κ1) is 17.7. The lowest BCUT2D eigenvalue weighted by Crippen LogP contribution is -2.36. The SMILES string of the molecule is CN(C)CC(C1C=CC=C1)P(C1CCCCC1)C1CCCCC1. The highest BCUT2D eigenvalue weighted by molar-refractivity contribution is 7.60. The molecule has 0 aromatic rings.